The standard InChI is InChI=1S/C10H14ClNO/c1-8-4-3-5-12-10(8)6-9(11)7-13-2/h3-5,9H,6-7H2,1-2H3. The molecule has 0 amide bonds. The van der Waals surface area contributed by atoms with Crippen molar-refractivity contribution in [1.82, 2.24) is 4.98 Å². The maximum Gasteiger partial charge on any atom is 0.0630 e. The molecule has 3 heteroatoms. The van der Waals surface area contributed by atoms with Crippen molar-refractivity contribution in [3.05, 3.63) is 29.6 Å². The molecule has 13 heavy (non-hydrogen) atoms. The second-order valence-electron chi connectivity index (χ2n) is 3.02. The molecule has 0 aromatic carbocycles. The second kappa shape index (κ2) is 5.20. The van der Waals surface area contributed by atoms with E-state index in [4.69, 9.17) is 16.3 Å². The number of methoxy groups -OCH3 is 1. The molecule has 0 fully saturated rings. The third-order valence-electron chi connectivity index (χ3n) is 1.88. The molecule has 0 spiro atoms. The smallest absolute Gasteiger partial charge is 0.0630 e. The van der Waals surface area contributed by atoms with Crippen LogP contribution in [0, 0.1) is 6.92 Å². The van der Waals surface area contributed by atoms with Crippen LogP contribution in [-0.2, 0) is 11.2 Å². The minimum Gasteiger partial charge on any atom is -0.383 e. The molecule has 0 radical (unpaired) electrons. The zero-order valence-electron chi connectivity index (χ0n) is 7.96. The molecule has 0 saturated carbocycles. The van der Waals surface area contributed by atoms with Crippen LogP contribution in [0.25, 0.3) is 0 Å². The van der Waals surface area contributed by atoms with Crippen molar-refractivity contribution in [1.29, 1.82) is 0 Å². The highest BCUT2D eigenvalue weighted by atomic mass is 35.5. The van der Waals surface area contributed by atoms with Gasteiger partial charge in [-0.2, -0.15) is 0 Å². The van der Waals surface area contributed by atoms with Gasteiger partial charge in [-0.15, -0.1) is 11.6 Å². The Morgan fingerprint density at radius 3 is 3.00 bits per heavy atom. The monoisotopic (exact) mass is 199 g/mol. The Labute approximate surface area is 83.9 Å². The fraction of sp³-hybridized carbons (Fsp3) is 0.500. The fourth-order valence-electron chi connectivity index (χ4n) is 1.18. The summed E-state index contributed by atoms with van der Waals surface area (Å²) in [7, 11) is 1.65. The minimum absolute atomic E-state index is 0.0126. The average Bonchev–Trinajstić information content (AvgIpc) is 2.09. The average molecular weight is 200 g/mol. The van der Waals surface area contributed by atoms with Crippen molar-refractivity contribution in [3.63, 3.8) is 0 Å². The molecule has 2 nitrogen and oxygen atoms in total. The summed E-state index contributed by atoms with van der Waals surface area (Å²) in [4.78, 5) is 4.26. The Hall–Kier alpha value is -0.600. The Bertz CT molecular complexity index is 265. The molecule has 1 aromatic rings. The number of rotatable bonds is 4. The summed E-state index contributed by atoms with van der Waals surface area (Å²) in [5.74, 6) is 0. The van der Waals surface area contributed by atoms with E-state index >= 15 is 0 Å². The molecule has 1 atom stereocenters. The van der Waals surface area contributed by atoms with Crippen LogP contribution in [-0.4, -0.2) is 24.1 Å². The molecular formula is C10H14ClNO. The van der Waals surface area contributed by atoms with Crippen LogP contribution in [0.3, 0.4) is 0 Å². The van der Waals surface area contributed by atoms with Gasteiger partial charge in [-0.25, -0.2) is 0 Å². The van der Waals surface area contributed by atoms with Crippen LogP contribution >= 0.6 is 11.6 Å². The summed E-state index contributed by atoms with van der Waals surface area (Å²) in [6, 6.07) is 3.97. The number of nitrogens with zero attached hydrogens (tertiary/aromatic N) is 1. The van der Waals surface area contributed by atoms with Crippen molar-refractivity contribution < 1.29 is 4.74 Å². The van der Waals surface area contributed by atoms with Crippen molar-refractivity contribution in [2.75, 3.05) is 13.7 Å². The lowest BCUT2D eigenvalue weighted by Gasteiger charge is -2.08. The van der Waals surface area contributed by atoms with E-state index in [0.717, 1.165) is 12.1 Å². The predicted octanol–water partition coefficient (Wildman–Crippen LogP) is 2.19. The van der Waals surface area contributed by atoms with Crippen molar-refractivity contribution in [3.8, 4) is 0 Å². The van der Waals surface area contributed by atoms with E-state index in [0.29, 0.717) is 6.61 Å². The molecular weight excluding hydrogens is 186 g/mol. The molecule has 0 aliphatic heterocycles. The topological polar surface area (TPSA) is 22.1 Å². The van der Waals surface area contributed by atoms with Gasteiger partial charge in [0.05, 0.1) is 12.0 Å². The number of halogens is 1. The number of pyridine rings is 1. The van der Waals surface area contributed by atoms with Gasteiger partial charge < -0.3 is 4.74 Å². The minimum atomic E-state index is 0.0126. The van der Waals surface area contributed by atoms with Gasteiger partial charge in [-0.1, -0.05) is 6.07 Å². The highest BCUT2D eigenvalue weighted by Crippen LogP contribution is 2.10. The summed E-state index contributed by atoms with van der Waals surface area (Å²) < 4.78 is 4.96. The van der Waals surface area contributed by atoms with E-state index in [2.05, 4.69) is 4.98 Å². The number of aromatic nitrogens is 1. The van der Waals surface area contributed by atoms with Crippen LogP contribution in [0.2, 0.25) is 0 Å². The maximum atomic E-state index is 6.02. The fourth-order valence-corrected chi connectivity index (χ4v) is 1.45. The van der Waals surface area contributed by atoms with E-state index in [9.17, 15) is 0 Å². The quantitative estimate of drug-likeness (QED) is 0.694. The first-order valence-corrected chi connectivity index (χ1v) is 4.71. The zero-order chi connectivity index (χ0) is 9.68. The summed E-state index contributed by atoms with van der Waals surface area (Å²) >= 11 is 6.02. The zero-order valence-corrected chi connectivity index (χ0v) is 8.71. The first-order valence-electron chi connectivity index (χ1n) is 4.27. The van der Waals surface area contributed by atoms with Crippen LogP contribution in [0.4, 0.5) is 0 Å². The van der Waals surface area contributed by atoms with Gasteiger partial charge in [0.1, 0.15) is 0 Å². The van der Waals surface area contributed by atoms with E-state index < -0.39 is 0 Å². The highest BCUT2D eigenvalue weighted by Gasteiger charge is 2.07. The van der Waals surface area contributed by atoms with Gasteiger partial charge >= 0.3 is 0 Å². The summed E-state index contributed by atoms with van der Waals surface area (Å²) in [5, 5.41) is 0.0126. The molecule has 0 aliphatic rings. The van der Waals surface area contributed by atoms with Gasteiger partial charge in [0.15, 0.2) is 0 Å². The second-order valence-corrected chi connectivity index (χ2v) is 3.64. The lowest BCUT2D eigenvalue weighted by atomic mass is 10.1. The number of ether oxygens (including phenoxy) is 1. The number of aryl methyl sites for hydroxylation is 1. The van der Waals surface area contributed by atoms with Gasteiger partial charge in [0.25, 0.3) is 0 Å². The highest BCUT2D eigenvalue weighted by molar-refractivity contribution is 6.20. The third kappa shape index (κ3) is 3.33. The third-order valence-corrected chi connectivity index (χ3v) is 2.16. The Balaban J connectivity index is 2.58. The maximum absolute atomic E-state index is 6.02. The Morgan fingerprint density at radius 1 is 1.62 bits per heavy atom. The van der Waals surface area contributed by atoms with E-state index in [1.54, 1.807) is 13.3 Å². The first-order chi connectivity index (χ1) is 6.24. The lowest BCUT2D eigenvalue weighted by molar-refractivity contribution is 0.197. The lowest BCUT2D eigenvalue weighted by Crippen LogP contribution is -2.12. The number of hydrogen-bond donors (Lipinski definition) is 0. The van der Waals surface area contributed by atoms with Crippen LogP contribution < -0.4 is 0 Å². The molecule has 72 valence electrons. The summed E-state index contributed by atoms with van der Waals surface area (Å²) in [6.07, 6.45) is 2.56. The Kier molecular flexibility index (Phi) is 4.19. The van der Waals surface area contributed by atoms with Crippen LogP contribution in [0.15, 0.2) is 18.3 Å². The van der Waals surface area contributed by atoms with Gasteiger partial charge in [-0.05, 0) is 18.6 Å². The van der Waals surface area contributed by atoms with Crippen molar-refractivity contribution >= 4 is 11.6 Å². The summed E-state index contributed by atoms with van der Waals surface area (Å²) in [5.41, 5.74) is 2.24. The van der Waals surface area contributed by atoms with E-state index in [1.165, 1.54) is 5.56 Å². The largest absolute Gasteiger partial charge is 0.383 e. The predicted molar refractivity (Wildman–Crippen MR) is 54.2 cm³/mol. The van der Waals surface area contributed by atoms with Crippen LogP contribution in [0.1, 0.15) is 11.3 Å². The first kappa shape index (κ1) is 10.5. The Morgan fingerprint density at radius 2 is 2.38 bits per heavy atom. The molecule has 0 saturated heterocycles. The molecule has 0 N–H and O–H groups in total. The van der Waals surface area contributed by atoms with Crippen LogP contribution in [0.5, 0.6) is 0 Å². The van der Waals surface area contributed by atoms with E-state index in [-0.39, 0.29) is 5.38 Å². The number of alkyl halides is 1. The molecule has 1 aromatic heterocycles. The van der Waals surface area contributed by atoms with Gasteiger partial charge in [0, 0.05) is 25.4 Å². The summed E-state index contributed by atoms with van der Waals surface area (Å²) in [6.45, 7) is 2.61. The van der Waals surface area contributed by atoms with Gasteiger partial charge in [0.2, 0.25) is 0 Å². The molecule has 1 rings (SSSR count). The molecule has 0 aliphatic carbocycles. The normalized spacial score (nSPS) is 12.8. The van der Waals surface area contributed by atoms with E-state index in [1.807, 2.05) is 19.1 Å². The SMILES string of the molecule is COCC(Cl)Cc1ncccc1C. The van der Waals surface area contributed by atoms with Crippen molar-refractivity contribution in [2.45, 2.75) is 18.7 Å². The number of hydrogen-bond acceptors (Lipinski definition) is 2. The van der Waals surface area contributed by atoms with Gasteiger partial charge in [-0.3, -0.25) is 4.98 Å². The molecule has 1 unspecified atom stereocenters. The van der Waals surface area contributed by atoms with Crippen molar-refractivity contribution in [2.24, 2.45) is 0 Å². The molecule has 1 heterocycles. The molecule has 0 bridgehead atoms.